The summed E-state index contributed by atoms with van der Waals surface area (Å²) in [5.41, 5.74) is 3.03. The molecule has 1 heterocycles. The third-order valence-electron chi connectivity index (χ3n) is 2.71. The number of hydrogen-bond donors (Lipinski definition) is 1. The second-order valence-corrected chi connectivity index (χ2v) is 4.65. The summed E-state index contributed by atoms with van der Waals surface area (Å²) >= 11 is 5.83. The summed E-state index contributed by atoms with van der Waals surface area (Å²) in [5, 5.41) is 3.79. The number of hydrogen-bond acceptors (Lipinski definition) is 4. The van der Waals surface area contributed by atoms with Gasteiger partial charge < -0.3 is 10.1 Å². The van der Waals surface area contributed by atoms with Crippen molar-refractivity contribution < 1.29 is 4.74 Å². The van der Waals surface area contributed by atoms with Crippen molar-refractivity contribution in [3.8, 4) is 6.01 Å². The van der Waals surface area contributed by atoms with Crippen LogP contribution in [0.2, 0.25) is 5.02 Å². The summed E-state index contributed by atoms with van der Waals surface area (Å²) in [6.07, 6.45) is 1.79. The first-order valence-corrected chi connectivity index (χ1v) is 6.41. The van der Waals surface area contributed by atoms with E-state index < -0.39 is 0 Å². The summed E-state index contributed by atoms with van der Waals surface area (Å²) in [4.78, 5) is 8.52. The first-order valence-electron chi connectivity index (χ1n) is 6.03. The Kier molecular flexibility index (Phi) is 4.71. The van der Waals surface area contributed by atoms with Crippen LogP contribution in [0.3, 0.4) is 0 Å². The van der Waals surface area contributed by atoms with Crippen LogP contribution in [0.25, 0.3) is 0 Å². The molecular weight excluding hydrogens is 262 g/mol. The number of nitrogens with zero attached hydrogens (tertiary/aromatic N) is 2. The molecule has 19 heavy (non-hydrogen) atoms. The monoisotopic (exact) mass is 277 g/mol. The van der Waals surface area contributed by atoms with Gasteiger partial charge in [-0.05, 0) is 31.7 Å². The van der Waals surface area contributed by atoms with Gasteiger partial charge in [0.2, 0.25) is 0 Å². The molecule has 4 nitrogen and oxygen atoms in total. The zero-order chi connectivity index (χ0) is 13.7. The molecule has 0 saturated carbocycles. The molecule has 0 atom stereocenters. The van der Waals surface area contributed by atoms with Gasteiger partial charge in [0.1, 0.15) is 6.61 Å². The Balaban J connectivity index is 1.99. The molecule has 0 saturated heterocycles. The maximum Gasteiger partial charge on any atom is 0.316 e. The van der Waals surface area contributed by atoms with Gasteiger partial charge >= 0.3 is 6.01 Å². The molecule has 0 bridgehead atoms. The van der Waals surface area contributed by atoms with Crippen LogP contribution in [-0.2, 0) is 13.2 Å². The minimum absolute atomic E-state index is 0.396. The first kappa shape index (κ1) is 13.8. The lowest BCUT2D eigenvalue weighted by molar-refractivity contribution is 0.279. The van der Waals surface area contributed by atoms with Crippen molar-refractivity contribution >= 4 is 11.6 Å². The fraction of sp³-hybridized carbons (Fsp3) is 0.286. The predicted octanol–water partition coefficient (Wildman–Crippen LogP) is 2.74. The molecule has 0 aliphatic carbocycles. The van der Waals surface area contributed by atoms with Gasteiger partial charge in [-0.25, -0.2) is 9.97 Å². The Morgan fingerprint density at radius 3 is 2.63 bits per heavy atom. The lowest BCUT2D eigenvalue weighted by Gasteiger charge is -2.08. The fourth-order valence-corrected chi connectivity index (χ4v) is 1.76. The van der Waals surface area contributed by atoms with Crippen LogP contribution < -0.4 is 10.1 Å². The molecule has 0 amide bonds. The van der Waals surface area contributed by atoms with Gasteiger partial charge in [0.15, 0.2) is 0 Å². The average molecular weight is 278 g/mol. The number of nitrogens with one attached hydrogen (secondary N) is 1. The third kappa shape index (κ3) is 3.91. The SMILES string of the molecule is CNCc1cnc(OCc2ccc(Cl)cc2)nc1C. The van der Waals surface area contributed by atoms with Crippen molar-refractivity contribution in [3.63, 3.8) is 0 Å². The first-order chi connectivity index (χ1) is 9.19. The van der Waals surface area contributed by atoms with Crippen LogP contribution in [0.1, 0.15) is 16.8 Å². The fourth-order valence-electron chi connectivity index (χ4n) is 1.63. The molecule has 0 unspecified atom stereocenters. The van der Waals surface area contributed by atoms with Crippen molar-refractivity contribution in [2.24, 2.45) is 0 Å². The summed E-state index contributed by atoms with van der Waals surface area (Å²) in [7, 11) is 1.89. The van der Waals surface area contributed by atoms with Crippen molar-refractivity contribution in [3.05, 3.63) is 52.3 Å². The van der Waals surface area contributed by atoms with E-state index in [1.807, 2.05) is 38.2 Å². The lowest BCUT2D eigenvalue weighted by Crippen LogP contribution is -2.09. The number of halogens is 1. The standard InChI is InChI=1S/C14H16ClN3O/c1-10-12(7-16-2)8-17-14(18-10)19-9-11-3-5-13(15)6-4-11/h3-6,8,16H,7,9H2,1-2H3. The molecule has 0 aliphatic heterocycles. The van der Waals surface area contributed by atoms with Gasteiger partial charge in [-0.3, -0.25) is 0 Å². The molecule has 0 spiro atoms. The van der Waals surface area contributed by atoms with E-state index in [1.54, 1.807) is 6.20 Å². The zero-order valence-electron chi connectivity index (χ0n) is 11.0. The second kappa shape index (κ2) is 6.50. The van der Waals surface area contributed by atoms with Gasteiger partial charge in [0.25, 0.3) is 0 Å². The summed E-state index contributed by atoms with van der Waals surface area (Å²) in [5.74, 6) is 0. The molecule has 100 valence electrons. The third-order valence-corrected chi connectivity index (χ3v) is 2.96. The lowest BCUT2D eigenvalue weighted by atomic mass is 10.2. The van der Waals surface area contributed by atoms with E-state index in [0.29, 0.717) is 17.6 Å². The van der Waals surface area contributed by atoms with Crippen molar-refractivity contribution in [2.75, 3.05) is 7.05 Å². The van der Waals surface area contributed by atoms with Gasteiger partial charge in [-0.15, -0.1) is 0 Å². The maximum absolute atomic E-state index is 5.83. The molecule has 2 rings (SSSR count). The largest absolute Gasteiger partial charge is 0.459 e. The number of aromatic nitrogens is 2. The van der Waals surface area contributed by atoms with Crippen LogP contribution in [0.15, 0.2) is 30.5 Å². The number of ether oxygens (including phenoxy) is 1. The van der Waals surface area contributed by atoms with E-state index >= 15 is 0 Å². The minimum Gasteiger partial charge on any atom is -0.459 e. The highest BCUT2D eigenvalue weighted by molar-refractivity contribution is 6.30. The second-order valence-electron chi connectivity index (χ2n) is 4.21. The van der Waals surface area contributed by atoms with E-state index in [4.69, 9.17) is 16.3 Å². The predicted molar refractivity (Wildman–Crippen MR) is 75.3 cm³/mol. The summed E-state index contributed by atoms with van der Waals surface area (Å²) in [6, 6.07) is 7.91. The topological polar surface area (TPSA) is 47.0 Å². The molecule has 2 aromatic rings. The highest BCUT2D eigenvalue weighted by Crippen LogP contribution is 2.13. The quantitative estimate of drug-likeness (QED) is 0.913. The van der Waals surface area contributed by atoms with Crippen LogP contribution in [0.5, 0.6) is 6.01 Å². The van der Waals surface area contributed by atoms with Crippen LogP contribution in [0.4, 0.5) is 0 Å². The number of aryl methyl sites for hydroxylation is 1. The number of rotatable bonds is 5. The molecular formula is C14H16ClN3O. The van der Waals surface area contributed by atoms with E-state index in [1.165, 1.54) is 0 Å². The maximum atomic E-state index is 5.83. The van der Waals surface area contributed by atoms with E-state index in [9.17, 15) is 0 Å². The highest BCUT2D eigenvalue weighted by Gasteiger charge is 2.04. The average Bonchev–Trinajstić information content (AvgIpc) is 2.41. The van der Waals surface area contributed by atoms with Crippen molar-refractivity contribution in [1.29, 1.82) is 0 Å². The number of benzene rings is 1. The molecule has 5 heteroatoms. The van der Waals surface area contributed by atoms with Crippen molar-refractivity contribution in [2.45, 2.75) is 20.1 Å². The Bertz CT molecular complexity index is 543. The minimum atomic E-state index is 0.396. The Labute approximate surface area is 117 Å². The Morgan fingerprint density at radius 1 is 1.26 bits per heavy atom. The molecule has 1 aromatic heterocycles. The van der Waals surface area contributed by atoms with Gasteiger partial charge in [0.05, 0.1) is 0 Å². The normalized spacial score (nSPS) is 10.5. The smallest absolute Gasteiger partial charge is 0.316 e. The van der Waals surface area contributed by atoms with Crippen LogP contribution >= 0.6 is 11.6 Å². The van der Waals surface area contributed by atoms with E-state index in [2.05, 4.69) is 15.3 Å². The van der Waals surface area contributed by atoms with Gasteiger partial charge in [-0.1, -0.05) is 23.7 Å². The van der Waals surface area contributed by atoms with E-state index in [-0.39, 0.29) is 0 Å². The van der Waals surface area contributed by atoms with Gasteiger partial charge in [0, 0.05) is 29.0 Å². The molecule has 1 aromatic carbocycles. The van der Waals surface area contributed by atoms with Gasteiger partial charge in [-0.2, -0.15) is 0 Å². The summed E-state index contributed by atoms with van der Waals surface area (Å²) in [6.45, 7) is 3.13. The zero-order valence-corrected chi connectivity index (χ0v) is 11.7. The molecule has 1 N–H and O–H groups in total. The Morgan fingerprint density at radius 2 is 2.00 bits per heavy atom. The van der Waals surface area contributed by atoms with E-state index in [0.717, 1.165) is 23.4 Å². The highest BCUT2D eigenvalue weighted by atomic mass is 35.5. The van der Waals surface area contributed by atoms with Crippen molar-refractivity contribution in [1.82, 2.24) is 15.3 Å². The van der Waals surface area contributed by atoms with Crippen LogP contribution in [-0.4, -0.2) is 17.0 Å². The molecule has 0 aliphatic rings. The summed E-state index contributed by atoms with van der Waals surface area (Å²) < 4.78 is 5.56. The van der Waals surface area contributed by atoms with Crippen LogP contribution in [0, 0.1) is 6.92 Å². The molecule has 0 fully saturated rings. The molecule has 0 radical (unpaired) electrons. The Hall–Kier alpha value is -1.65.